The van der Waals surface area contributed by atoms with Gasteiger partial charge in [-0.2, -0.15) is 0 Å². The molecule has 0 radical (unpaired) electrons. The maximum atomic E-state index is 12.6. The zero-order chi connectivity index (χ0) is 15.7. The van der Waals surface area contributed by atoms with E-state index in [1.54, 1.807) is 0 Å². The highest BCUT2D eigenvalue weighted by molar-refractivity contribution is 5.82. The van der Waals surface area contributed by atoms with Crippen molar-refractivity contribution in [3.05, 3.63) is 0 Å². The molecule has 1 saturated heterocycles. The van der Waals surface area contributed by atoms with Gasteiger partial charge in [-0.15, -0.1) is 0 Å². The number of hydrogen-bond donors (Lipinski definition) is 1. The third-order valence-electron chi connectivity index (χ3n) is 6.14. The Morgan fingerprint density at radius 2 is 1.82 bits per heavy atom. The van der Waals surface area contributed by atoms with Crippen LogP contribution in [0.25, 0.3) is 0 Å². The summed E-state index contributed by atoms with van der Waals surface area (Å²) in [6, 6.07) is 0.462. The molecule has 2 saturated carbocycles. The molecule has 0 bridgehead atoms. The molecular formula is C18H30N2O2. The van der Waals surface area contributed by atoms with E-state index in [-0.39, 0.29) is 17.7 Å². The summed E-state index contributed by atoms with van der Waals surface area (Å²) >= 11 is 0. The van der Waals surface area contributed by atoms with Gasteiger partial charge >= 0.3 is 0 Å². The van der Waals surface area contributed by atoms with Gasteiger partial charge in [-0.05, 0) is 43.4 Å². The summed E-state index contributed by atoms with van der Waals surface area (Å²) in [5.41, 5.74) is 0. The predicted octanol–water partition coefficient (Wildman–Crippen LogP) is 2.58. The molecule has 0 spiro atoms. The topological polar surface area (TPSA) is 49.4 Å². The molecule has 3 rings (SSSR count). The second kappa shape index (κ2) is 6.59. The van der Waals surface area contributed by atoms with E-state index in [1.807, 2.05) is 0 Å². The van der Waals surface area contributed by atoms with Crippen LogP contribution in [0.2, 0.25) is 0 Å². The van der Waals surface area contributed by atoms with Crippen LogP contribution in [0.1, 0.15) is 58.8 Å². The third kappa shape index (κ3) is 3.31. The Morgan fingerprint density at radius 3 is 2.55 bits per heavy atom. The molecule has 0 aromatic rings. The van der Waals surface area contributed by atoms with Crippen molar-refractivity contribution >= 4 is 11.8 Å². The molecule has 22 heavy (non-hydrogen) atoms. The smallest absolute Gasteiger partial charge is 0.224 e. The Labute approximate surface area is 134 Å². The number of likely N-dealkylation sites (tertiary alicyclic amines) is 1. The SMILES string of the molecule is C[C@@H]1C[C@@H]1C(=O)NCCC(=O)N1CC[C@H](C)[C@@H]2CCCC[C@H]21. The minimum absolute atomic E-state index is 0.142. The fourth-order valence-electron chi connectivity index (χ4n) is 4.48. The normalized spacial score (nSPS) is 37.4. The summed E-state index contributed by atoms with van der Waals surface area (Å²) in [5.74, 6) is 2.57. The molecule has 4 nitrogen and oxygen atoms in total. The number of amides is 2. The molecule has 2 aliphatic carbocycles. The van der Waals surface area contributed by atoms with Crippen LogP contribution < -0.4 is 5.32 Å². The van der Waals surface area contributed by atoms with Crippen LogP contribution in [0, 0.1) is 23.7 Å². The van der Waals surface area contributed by atoms with Gasteiger partial charge in [0.25, 0.3) is 0 Å². The van der Waals surface area contributed by atoms with Crippen LogP contribution in [0.4, 0.5) is 0 Å². The first-order valence-electron chi connectivity index (χ1n) is 9.15. The first-order chi connectivity index (χ1) is 10.6. The Balaban J connectivity index is 1.47. The number of nitrogens with one attached hydrogen (secondary N) is 1. The van der Waals surface area contributed by atoms with Crippen molar-refractivity contribution in [3.8, 4) is 0 Å². The first-order valence-corrected chi connectivity index (χ1v) is 9.15. The molecule has 124 valence electrons. The van der Waals surface area contributed by atoms with E-state index in [4.69, 9.17) is 0 Å². The molecule has 1 N–H and O–H groups in total. The highest BCUT2D eigenvalue weighted by Gasteiger charge is 2.40. The molecule has 4 heteroatoms. The molecule has 5 atom stereocenters. The molecule has 1 aliphatic heterocycles. The lowest BCUT2D eigenvalue weighted by Crippen LogP contribution is -2.52. The van der Waals surface area contributed by atoms with E-state index in [9.17, 15) is 9.59 Å². The summed E-state index contributed by atoms with van der Waals surface area (Å²) in [6.07, 6.45) is 7.65. The van der Waals surface area contributed by atoms with Crippen molar-refractivity contribution in [2.45, 2.75) is 64.8 Å². The molecule has 0 aromatic heterocycles. The molecule has 0 unspecified atom stereocenters. The summed E-state index contributed by atoms with van der Waals surface area (Å²) in [5, 5.41) is 2.94. The lowest BCUT2D eigenvalue weighted by atomic mass is 9.72. The highest BCUT2D eigenvalue weighted by Crippen LogP contribution is 2.39. The average Bonchev–Trinajstić information content (AvgIpc) is 3.25. The van der Waals surface area contributed by atoms with Gasteiger partial charge in [-0.25, -0.2) is 0 Å². The number of fused-ring (bicyclic) bond motifs is 1. The van der Waals surface area contributed by atoms with Gasteiger partial charge in [0.2, 0.25) is 11.8 Å². The lowest BCUT2D eigenvalue weighted by molar-refractivity contribution is -0.139. The molecule has 2 amide bonds. The minimum Gasteiger partial charge on any atom is -0.355 e. The monoisotopic (exact) mass is 306 g/mol. The van der Waals surface area contributed by atoms with E-state index in [0.717, 1.165) is 25.3 Å². The Kier molecular flexibility index (Phi) is 4.74. The number of carbonyl (C=O) groups is 2. The maximum Gasteiger partial charge on any atom is 0.224 e. The number of rotatable bonds is 4. The van der Waals surface area contributed by atoms with Crippen molar-refractivity contribution in [3.63, 3.8) is 0 Å². The standard InChI is InChI=1S/C18H30N2O2/c1-12-8-10-20(16-6-4-3-5-14(12)16)17(21)7-9-19-18(22)15-11-13(15)2/h12-16H,3-11H2,1-2H3,(H,19,22)/t12-,13+,14-,15-,16+/m0/s1. The van der Waals surface area contributed by atoms with E-state index < -0.39 is 0 Å². The third-order valence-corrected chi connectivity index (χ3v) is 6.14. The fraction of sp³-hybridized carbons (Fsp3) is 0.889. The van der Waals surface area contributed by atoms with Crippen LogP contribution in [0.5, 0.6) is 0 Å². The maximum absolute atomic E-state index is 12.6. The largest absolute Gasteiger partial charge is 0.355 e. The van der Waals surface area contributed by atoms with Crippen LogP contribution in [0.3, 0.4) is 0 Å². The molecule has 1 heterocycles. The average molecular weight is 306 g/mol. The molecule has 0 aromatic carbocycles. The van der Waals surface area contributed by atoms with Gasteiger partial charge in [-0.1, -0.05) is 26.7 Å². The number of nitrogens with zero attached hydrogens (tertiary/aromatic N) is 1. The molecule has 3 fully saturated rings. The summed E-state index contributed by atoms with van der Waals surface area (Å²) in [4.78, 5) is 26.5. The summed E-state index contributed by atoms with van der Waals surface area (Å²) in [6.45, 7) is 5.87. The van der Waals surface area contributed by atoms with E-state index in [1.165, 1.54) is 25.7 Å². The Morgan fingerprint density at radius 1 is 1.09 bits per heavy atom. The Bertz CT molecular complexity index is 437. The molecule has 3 aliphatic rings. The van der Waals surface area contributed by atoms with Gasteiger partial charge in [0.05, 0.1) is 0 Å². The number of piperidine rings is 1. The molecular weight excluding hydrogens is 276 g/mol. The minimum atomic E-state index is 0.142. The van der Waals surface area contributed by atoms with E-state index in [0.29, 0.717) is 30.8 Å². The van der Waals surface area contributed by atoms with E-state index in [2.05, 4.69) is 24.1 Å². The van der Waals surface area contributed by atoms with Crippen molar-refractivity contribution in [1.29, 1.82) is 0 Å². The second-order valence-electron chi connectivity index (χ2n) is 7.73. The second-order valence-corrected chi connectivity index (χ2v) is 7.73. The summed E-state index contributed by atoms with van der Waals surface area (Å²) in [7, 11) is 0. The van der Waals surface area contributed by atoms with Gasteiger partial charge < -0.3 is 10.2 Å². The zero-order valence-electron chi connectivity index (χ0n) is 14.0. The van der Waals surface area contributed by atoms with Gasteiger partial charge in [0, 0.05) is 31.5 Å². The number of hydrogen-bond acceptors (Lipinski definition) is 2. The van der Waals surface area contributed by atoms with Crippen LogP contribution in [-0.2, 0) is 9.59 Å². The quantitative estimate of drug-likeness (QED) is 0.868. The predicted molar refractivity (Wildman–Crippen MR) is 86.1 cm³/mol. The van der Waals surface area contributed by atoms with Gasteiger partial charge in [-0.3, -0.25) is 9.59 Å². The zero-order valence-corrected chi connectivity index (χ0v) is 14.0. The Hall–Kier alpha value is -1.06. The van der Waals surface area contributed by atoms with Crippen molar-refractivity contribution in [2.75, 3.05) is 13.1 Å². The van der Waals surface area contributed by atoms with Crippen molar-refractivity contribution in [1.82, 2.24) is 10.2 Å². The first kappa shape index (κ1) is 15.8. The lowest BCUT2D eigenvalue weighted by Gasteiger charge is -2.47. The van der Waals surface area contributed by atoms with Gasteiger partial charge in [0.1, 0.15) is 0 Å². The van der Waals surface area contributed by atoms with Crippen LogP contribution in [0.15, 0.2) is 0 Å². The van der Waals surface area contributed by atoms with Crippen molar-refractivity contribution in [2.24, 2.45) is 23.7 Å². The summed E-state index contributed by atoms with van der Waals surface area (Å²) < 4.78 is 0. The van der Waals surface area contributed by atoms with Crippen LogP contribution >= 0.6 is 0 Å². The number of carbonyl (C=O) groups excluding carboxylic acids is 2. The highest BCUT2D eigenvalue weighted by atomic mass is 16.2. The van der Waals surface area contributed by atoms with Crippen molar-refractivity contribution < 1.29 is 9.59 Å². The fourth-order valence-corrected chi connectivity index (χ4v) is 4.48. The van der Waals surface area contributed by atoms with Gasteiger partial charge in [0.15, 0.2) is 0 Å². The van der Waals surface area contributed by atoms with E-state index >= 15 is 0 Å². The van der Waals surface area contributed by atoms with Crippen LogP contribution in [-0.4, -0.2) is 35.8 Å².